The normalized spacial score (nSPS) is 12.7. The van der Waals surface area contributed by atoms with Crippen molar-refractivity contribution in [3.05, 3.63) is 77.4 Å². The molecule has 1 aliphatic rings. The van der Waals surface area contributed by atoms with Crippen molar-refractivity contribution in [1.29, 1.82) is 0 Å². The summed E-state index contributed by atoms with van der Waals surface area (Å²) < 4.78 is 4.98. The van der Waals surface area contributed by atoms with Crippen LogP contribution in [0, 0.1) is 6.92 Å². The van der Waals surface area contributed by atoms with Gasteiger partial charge in [-0.05, 0) is 18.6 Å². The Labute approximate surface area is 157 Å². The molecule has 138 valence electrons. The summed E-state index contributed by atoms with van der Waals surface area (Å²) in [5.74, 6) is -1.36. The minimum atomic E-state index is -0.664. The second-order valence-corrected chi connectivity index (χ2v) is 6.31. The highest BCUT2D eigenvalue weighted by molar-refractivity contribution is 6.10. The number of ether oxygens (including phenoxy) is 1. The topological polar surface area (TPSA) is 75.7 Å². The van der Waals surface area contributed by atoms with Crippen molar-refractivity contribution >= 4 is 23.5 Å². The van der Waals surface area contributed by atoms with Gasteiger partial charge < -0.3 is 10.1 Å². The van der Waals surface area contributed by atoms with Crippen LogP contribution in [-0.4, -0.2) is 35.8 Å². The van der Waals surface area contributed by atoms with Gasteiger partial charge >= 0.3 is 5.97 Å². The van der Waals surface area contributed by atoms with E-state index in [-0.39, 0.29) is 12.5 Å². The standard InChI is InChI=1S/C21H20N2O4/c1-14-7-9-16(10-8-14)11-22-19(24)13-27-20(25)12-23-15(2)17-5-3-4-6-18(17)21(23)26/h3-10H,2,11-13H2,1H3,(H,22,24). The van der Waals surface area contributed by atoms with Gasteiger partial charge in [0.05, 0.1) is 0 Å². The quantitative estimate of drug-likeness (QED) is 0.798. The van der Waals surface area contributed by atoms with Crippen LogP contribution in [0.3, 0.4) is 0 Å². The summed E-state index contributed by atoms with van der Waals surface area (Å²) >= 11 is 0. The van der Waals surface area contributed by atoms with Gasteiger partial charge in [-0.25, -0.2) is 0 Å². The van der Waals surface area contributed by atoms with Crippen molar-refractivity contribution < 1.29 is 19.1 Å². The predicted molar refractivity (Wildman–Crippen MR) is 100 cm³/mol. The molecule has 1 heterocycles. The molecule has 6 heteroatoms. The molecule has 2 amide bonds. The number of benzene rings is 2. The molecule has 0 saturated carbocycles. The van der Waals surface area contributed by atoms with Crippen molar-refractivity contribution in [1.82, 2.24) is 10.2 Å². The van der Waals surface area contributed by atoms with Gasteiger partial charge in [0.2, 0.25) is 0 Å². The molecule has 27 heavy (non-hydrogen) atoms. The maximum Gasteiger partial charge on any atom is 0.326 e. The number of carbonyl (C=O) groups is 3. The summed E-state index contributed by atoms with van der Waals surface area (Å²) in [5.41, 5.74) is 3.75. The summed E-state index contributed by atoms with van der Waals surface area (Å²) in [4.78, 5) is 37.5. The zero-order valence-corrected chi connectivity index (χ0v) is 15.0. The Morgan fingerprint density at radius 1 is 1.07 bits per heavy atom. The summed E-state index contributed by atoms with van der Waals surface area (Å²) in [5, 5.41) is 2.68. The average Bonchev–Trinajstić information content (AvgIpc) is 2.91. The third-order valence-electron chi connectivity index (χ3n) is 4.30. The van der Waals surface area contributed by atoms with Gasteiger partial charge in [0.25, 0.3) is 11.8 Å². The Bertz CT molecular complexity index is 868. The minimum absolute atomic E-state index is 0.280. The Hall–Kier alpha value is -3.41. The fourth-order valence-electron chi connectivity index (χ4n) is 2.78. The minimum Gasteiger partial charge on any atom is -0.454 e. The van der Waals surface area contributed by atoms with Crippen LogP contribution in [0.2, 0.25) is 0 Å². The third kappa shape index (κ3) is 4.23. The number of esters is 1. The zero-order valence-electron chi connectivity index (χ0n) is 15.0. The Morgan fingerprint density at radius 2 is 1.74 bits per heavy atom. The summed E-state index contributed by atoms with van der Waals surface area (Å²) in [6.45, 7) is 5.53. The number of nitrogens with zero attached hydrogens (tertiary/aromatic N) is 1. The monoisotopic (exact) mass is 364 g/mol. The van der Waals surface area contributed by atoms with E-state index < -0.39 is 18.5 Å². The number of nitrogens with one attached hydrogen (secondary N) is 1. The molecule has 1 aliphatic heterocycles. The molecule has 2 aromatic rings. The number of hydrogen-bond acceptors (Lipinski definition) is 4. The average molecular weight is 364 g/mol. The molecule has 0 aliphatic carbocycles. The van der Waals surface area contributed by atoms with Gasteiger partial charge in [-0.1, -0.05) is 54.6 Å². The molecule has 0 atom stereocenters. The fraction of sp³-hybridized carbons (Fsp3) is 0.190. The first-order chi connectivity index (χ1) is 13.0. The van der Waals surface area contributed by atoms with Gasteiger partial charge in [0, 0.05) is 23.4 Å². The molecule has 0 radical (unpaired) electrons. The third-order valence-corrected chi connectivity index (χ3v) is 4.30. The number of rotatable bonds is 6. The lowest BCUT2D eigenvalue weighted by atomic mass is 10.1. The Kier molecular flexibility index (Phi) is 5.35. The zero-order chi connectivity index (χ0) is 19.4. The lowest BCUT2D eigenvalue weighted by Crippen LogP contribution is -2.33. The van der Waals surface area contributed by atoms with Crippen LogP contribution < -0.4 is 5.32 Å². The van der Waals surface area contributed by atoms with Crippen LogP contribution in [0.1, 0.15) is 27.0 Å². The number of hydrogen-bond donors (Lipinski definition) is 1. The van der Waals surface area contributed by atoms with Crippen molar-refractivity contribution in [2.24, 2.45) is 0 Å². The van der Waals surface area contributed by atoms with Crippen molar-refractivity contribution in [2.45, 2.75) is 13.5 Å². The first kappa shape index (κ1) is 18.4. The number of aryl methyl sites for hydroxylation is 1. The fourth-order valence-corrected chi connectivity index (χ4v) is 2.78. The van der Waals surface area contributed by atoms with Crippen molar-refractivity contribution in [3.8, 4) is 0 Å². The van der Waals surface area contributed by atoms with Crippen molar-refractivity contribution in [2.75, 3.05) is 13.2 Å². The second-order valence-electron chi connectivity index (χ2n) is 6.31. The number of fused-ring (bicyclic) bond motifs is 1. The molecule has 0 saturated heterocycles. The maximum absolute atomic E-state index is 12.3. The lowest BCUT2D eigenvalue weighted by molar-refractivity contribution is -0.148. The van der Waals surface area contributed by atoms with Crippen LogP contribution in [0.15, 0.2) is 55.1 Å². The molecule has 1 N–H and O–H groups in total. The van der Waals surface area contributed by atoms with Crippen LogP contribution >= 0.6 is 0 Å². The molecule has 0 aromatic heterocycles. The van der Waals surface area contributed by atoms with E-state index >= 15 is 0 Å². The largest absolute Gasteiger partial charge is 0.454 e. The van der Waals surface area contributed by atoms with Gasteiger partial charge in [0.15, 0.2) is 6.61 Å². The molecule has 2 aromatic carbocycles. The SMILES string of the molecule is C=C1c2ccccc2C(=O)N1CC(=O)OCC(=O)NCc1ccc(C)cc1. The molecule has 6 nitrogen and oxygen atoms in total. The van der Waals surface area contributed by atoms with Gasteiger partial charge in [-0.15, -0.1) is 0 Å². The van der Waals surface area contributed by atoms with Gasteiger partial charge in [0.1, 0.15) is 6.54 Å². The highest BCUT2D eigenvalue weighted by atomic mass is 16.5. The Morgan fingerprint density at radius 3 is 2.41 bits per heavy atom. The van der Waals surface area contributed by atoms with Crippen LogP contribution in [-0.2, 0) is 20.9 Å². The molecule has 0 spiro atoms. The van der Waals surface area contributed by atoms with E-state index in [4.69, 9.17) is 4.74 Å². The highest BCUT2D eigenvalue weighted by Gasteiger charge is 2.32. The van der Waals surface area contributed by atoms with E-state index in [1.165, 1.54) is 4.90 Å². The summed E-state index contributed by atoms with van der Waals surface area (Å²) in [7, 11) is 0. The first-order valence-electron chi connectivity index (χ1n) is 8.54. The van der Waals surface area contributed by atoms with Gasteiger partial charge in [-0.2, -0.15) is 0 Å². The summed E-state index contributed by atoms with van der Waals surface area (Å²) in [6, 6.07) is 14.8. The molecular formula is C21H20N2O4. The molecule has 0 bridgehead atoms. The molecule has 0 fully saturated rings. The van der Waals surface area contributed by atoms with E-state index in [1.54, 1.807) is 24.3 Å². The smallest absolute Gasteiger partial charge is 0.326 e. The predicted octanol–water partition coefficient (Wildman–Crippen LogP) is 2.28. The second kappa shape index (κ2) is 7.86. The van der Waals surface area contributed by atoms with Gasteiger partial charge in [-0.3, -0.25) is 19.3 Å². The van der Waals surface area contributed by atoms with Crippen LogP contribution in [0.25, 0.3) is 5.70 Å². The first-order valence-corrected chi connectivity index (χ1v) is 8.54. The van der Waals surface area contributed by atoms with E-state index in [9.17, 15) is 14.4 Å². The van der Waals surface area contributed by atoms with Crippen LogP contribution in [0.4, 0.5) is 0 Å². The molecule has 0 unspecified atom stereocenters. The number of carbonyl (C=O) groups excluding carboxylic acids is 3. The molecule has 3 rings (SSSR count). The summed E-state index contributed by atoms with van der Waals surface area (Å²) in [6.07, 6.45) is 0. The van der Waals surface area contributed by atoms with E-state index in [2.05, 4.69) is 11.9 Å². The van der Waals surface area contributed by atoms with Crippen LogP contribution in [0.5, 0.6) is 0 Å². The van der Waals surface area contributed by atoms with E-state index in [1.807, 2.05) is 31.2 Å². The van der Waals surface area contributed by atoms with E-state index in [0.717, 1.165) is 11.1 Å². The Balaban J connectivity index is 1.46. The number of amides is 2. The highest BCUT2D eigenvalue weighted by Crippen LogP contribution is 2.30. The molecular weight excluding hydrogens is 344 g/mol. The van der Waals surface area contributed by atoms with Crippen molar-refractivity contribution in [3.63, 3.8) is 0 Å². The lowest BCUT2D eigenvalue weighted by Gasteiger charge is -2.16. The van der Waals surface area contributed by atoms with E-state index in [0.29, 0.717) is 23.4 Å². The maximum atomic E-state index is 12.3.